The molecular weight excluding hydrogens is 373 g/mol. The highest BCUT2D eigenvalue weighted by Crippen LogP contribution is 2.42. The van der Waals surface area contributed by atoms with Gasteiger partial charge in [-0.2, -0.15) is 13.2 Å². The topological polar surface area (TPSA) is 44.8 Å². The molecule has 0 aliphatic carbocycles. The molecule has 0 spiro atoms. The maximum atomic E-state index is 13.3. The number of ether oxygens (including phenoxy) is 3. The lowest BCUT2D eigenvalue weighted by Gasteiger charge is -2.28. The summed E-state index contributed by atoms with van der Waals surface area (Å²) in [4.78, 5) is 11.8. The first-order valence-corrected chi connectivity index (χ1v) is 7.77. The molecule has 1 unspecified atom stereocenters. The van der Waals surface area contributed by atoms with E-state index in [4.69, 9.17) is 21.1 Å². The van der Waals surface area contributed by atoms with Gasteiger partial charge >= 0.3 is 12.1 Å². The number of hydrogen-bond donors (Lipinski definition) is 0. The largest absolute Gasteiger partial charge is 0.475 e. The Morgan fingerprint density at radius 2 is 1.92 bits per heavy atom. The number of halogens is 4. The van der Waals surface area contributed by atoms with Crippen LogP contribution in [-0.2, 0) is 9.53 Å². The van der Waals surface area contributed by atoms with Crippen LogP contribution in [-0.4, -0.2) is 25.4 Å². The molecule has 0 radical (unpaired) electrons. The van der Waals surface area contributed by atoms with Crippen molar-refractivity contribution in [3.8, 4) is 17.2 Å². The molecule has 0 saturated heterocycles. The highest BCUT2D eigenvalue weighted by Gasteiger charge is 2.49. The summed E-state index contributed by atoms with van der Waals surface area (Å²) in [5.74, 6) is -0.585. The molecule has 8 heteroatoms. The first-order valence-electron chi connectivity index (χ1n) is 7.39. The molecule has 0 aromatic heterocycles. The number of esters is 1. The van der Waals surface area contributed by atoms with Crippen LogP contribution in [0.15, 0.2) is 48.0 Å². The van der Waals surface area contributed by atoms with E-state index in [9.17, 15) is 18.0 Å². The molecule has 3 rings (SSSR count). The van der Waals surface area contributed by atoms with Crippen molar-refractivity contribution < 1.29 is 32.2 Å². The van der Waals surface area contributed by atoms with E-state index in [2.05, 4.69) is 4.74 Å². The van der Waals surface area contributed by atoms with Gasteiger partial charge in [0.15, 0.2) is 0 Å². The van der Waals surface area contributed by atoms with Crippen LogP contribution in [0.4, 0.5) is 13.2 Å². The predicted molar refractivity (Wildman–Crippen MR) is 88.4 cm³/mol. The third kappa shape index (κ3) is 3.62. The van der Waals surface area contributed by atoms with Crippen LogP contribution in [0.25, 0.3) is 6.08 Å². The zero-order chi connectivity index (χ0) is 18.9. The second kappa shape index (κ2) is 6.92. The minimum atomic E-state index is -4.78. The second-order valence-electron chi connectivity index (χ2n) is 5.36. The number of methoxy groups -OCH3 is 1. The fraction of sp³-hybridized carbons (Fsp3) is 0.167. The zero-order valence-corrected chi connectivity index (χ0v) is 14.1. The van der Waals surface area contributed by atoms with E-state index in [0.29, 0.717) is 10.8 Å². The summed E-state index contributed by atoms with van der Waals surface area (Å²) in [6, 6.07) is 10.9. The quantitative estimate of drug-likeness (QED) is 0.698. The Balaban J connectivity index is 2.06. The minimum absolute atomic E-state index is 0.0560. The van der Waals surface area contributed by atoms with Crippen molar-refractivity contribution in [1.82, 2.24) is 0 Å². The van der Waals surface area contributed by atoms with Crippen molar-refractivity contribution in [1.29, 1.82) is 0 Å². The molecule has 0 saturated carbocycles. The number of fused-ring (bicyclic) bond motifs is 1. The fourth-order valence-corrected chi connectivity index (χ4v) is 2.64. The average molecular weight is 385 g/mol. The number of alkyl halides is 3. The molecule has 136 valence electrons. The Morgan fingerprint density at radius 3 is 2.58 bits per heavy atom. The molecule has 0 N–H and O–H groups in total. The summed E-state index contributed by atoms with van der Waals surface area (Å²) < 4.78 is 55.0. The third-order valence-corrected chi connectivity index (χ3v) is 3.83. The van der Waals surface area contributed by atoms with Crippen molar-refractivity contribution >= 4 is 23.6 Å². The first kappa shape index (κ1) is 18.1. The molecule has 0 amide bonds. The summed E-state index contributed by atoms with van der Waals surface area (Å²) in [6.45, 7) is 0. The number of carbonyl (C=O) groups is 1. The summed E-state index contributed by atoms with van der Waals surface area (Å²) in [6.07, 6.45) is -6.12. The lowest BCUT2D eigenvalue weighted by atomic mass is 10.0. The molecule has 0 bridgehead atoms. The number of carbonyl (C=O) groups excluding carboxylic acids is 1. The van der Waals surface area contributed by atoms with E-state index < -0.39 is 23.8 Å². The highest BCUT2D eigenvalue weighted by molar-refractivity contribution is 6.30. The molecule has 26 heavy (non-hydrogen) atoms. The molecule has 4 nitrogen and oxygen atoms in total. The van der Waals surface area contributed by atoms with Crippen LogP contribution < -0.4 is 9.47 Å². The smallest absolute Gasteiger partial charge is 0.430 e. The Kier molecular flexibility index (Phi) is 4.82. The van der Waals surface area contributed by atoms with Gasteiger partial charge in [0.1, 0.15) is 17.2 Å². The van der Waals surface area contributed by atoms with Crippen LogP contribution in [0.2, 0.25) is 5.02 Å². The number of hydrogen-bond acceptors (Lipinski definition) is 4. The highest BCUT2D eigenvalue weighted by atomic mass is 35.5. The van der Waals surface area contributed by atoms with Crippen molar-refractivity contribution in [2.24, 2.45) is 0 Å². The predicted octanol–water partition coefficient (Wildman–Crippen LogP) is 5.01. The van der Waals surface area contributed by atoms with Crippen molar-refractivity contribution in [2.75, 3.05) is 7.11 Å². The molecule has 1 aliphatic rings. The summed E-state index contributed by atoms with van der Waals surface area (Å²) in [5.41, 5.74) is -0.456. The molecule has 0 fully saturated rings. The van der Waals surface area contributed by atoms with Gasteiger partial charge in [-0.05, 0) is 36.4 Å². The Bertz CT molecular complexity index is 877. The average Bonchev–Trinajstić information content (AvgIpc) is 2.59. The molecule has 1 atom stereocenters. The first-order chi connectivity index (χ1) is 12.3. The van der Waals surface area contributed by atoms with Crippen molar-refractivity contribution in [3.05, 3.63) is 58.6 Å². The Labute approximate surface area is 151 Å². The van der Waals surface area contributed by atoms with Gasteiger partial charge < -0.3 is 14.2 Å². The summed E-state index contributed by atoms with van der Waals surface area (Å²) >= 11 is 5.90. The van der Waals surface area contributed by atoms with Gasteiger partial charge in [-0.25, -0.2) is 4.79 Å². The SMILES string of the molecule is COC(=O)C1=Cc2c(Oc3cccc(Cl)c3)cccc2OC1C(F)(F)F. The normalized spacial score (nSPS) is 16.2. The monoisotopic (exact) mass is 384 g/mol. The van der Waals surface area contributed by atoms with E-state index in [1.165, 1.54) is 12.1 Å². The zero-order valence-electron chi connectivity index (χ0n) is 13.3. The fourth-order valence-electron chi connectivity index (χ4n) is 2.46. The van der Waals surface area contributed by atoms with Gasteiger partial charge in [-0.1, -0.05) is 23.7 Å². The Morgan fingerprint density at radius 1 is 1.19 bits per heavy atom. The van der Waals surface area contributed by atoms with Gasteiger partial charge in [0, 0.05) is 5.02 Å². The Hall–Kier alpha value is -2.67. The van der Waals surface area contributed by atoms with E-state index >= 15 is 0 Å². The number of benzene rings is 2. The summed E-state index contributed by atoms with van der Waals surface area (Å²) in [5, 5.41) is 0.437. The molecule has 2 aromatic carbocycles. The van der Waals surface area contributed by atoms with Crippen LogP contribution in [0.1, 0.15) is 5.56 Å². The van der Waals surface area contributed by atoms with Crippen LogP contribution in [0, 0.1) is 0 Å². The maximum absolute atomic E-state index is 13.3. The van der Waals surface area contributed by atoms with Crippen molar-refractivity contribution in [2.45, 2.75) is 12.3 Å². The number of rotatable bonds is 3. The minimum Gasteiger partial charge on any atom is -0.475 e. The molecule has 2 aromatic rings. The maximum Gasteiger partial charge on any atom is 0.430 e. The van der Waals surface area contributed by atoms with Gasteiger partial charge in [-0.15, -0.1) is 0 Å². The van der Waals surface area contributed by atoms with Gasteiger partial charge in [0.2, 0.25) is 6.10 Å². The van der Waals surface area contributed by atoms with Crippen LogP contribution in [0.5, 0.6) is 17.2 Å². The van der Waals surface area contributed by atoms with Gasteiger partial charge in [-0.3, -0.25) is 0 Å². The molecule has 1 aliphatic heterocycles. The summed E-state index contributed by atoms with van der Waals surface area (Å²) in [7, 11) is 1.00. The van der Waals surface area contributed by atoms with Gasteiger partial charge in [0.05, 0.1) is 18.2 Å². The molecule has 1 heterocycles. The lowest BCUT2D eigenvalue weighted by molar-refractivity contribution is -0.187. The van der Waals surface area contributed by atoms with E-state index in [1.807, 2.05) is 0 Å². The van der Waals surface area contributed by atoms with E-state index in [-0.39, 0.29) is 17.1 Å². The standard InChI is InChI=1S/C18H12ClF3O4/c1-24-17(23)13-9-12-14(25-11-5-2-4-10(19)8-11)6-3-7-15(12)26-16(13)18(20,21)22/h2-9,16H,1H3. The lowest BCUT2D eigenvalue weighted by Crippen LogP contribution is -2.40. The second-order valence-corrected chi connectivity index (χ2v) is 5.79. The van der Waals surface area contributed by atoms with Gasteiger partial charge in [0.25, 0.3) is 0 Å². The van der Waals surface area contributed by atoms with E-state index in [1.54, 1.807) is 30.3 Å². The third-order valence-electron chi connectivity index (χ3n) is 3.60. The van der Waals surface area contributed by atoms with Crippen LogP contribution in [0.3, 0.4) is 0 Å². The van der Waals surface area contributed by atoms with Crippen LogP contribution >= 0.6 is 11.6 Å². The van der Waals surface area contributed by atoms with E-state index in [0.717, 1.165) is 13.2 Å². The van der Waals surface area contributed by atoms with Crippen molar-refractivity contribution in [3.63, 3.8) is 0 Å². The molecular formula is C18H12ClF3O4.